The fraction of sp³-hybridized carbons (Fsp3) is 0.0667. The minimum absolute atomic E-state index is 0.0460. The van der Waals surface area contributed by atoms with E-state index in [1.807, 2.05) is 30.3 Å². The van der Waals surface area contributed by atoms with Crippen LogP contribution in [0.2, 0.25) is 0 Å². The Bertz CT molecular complexity index is 2500. The van der Waals surface area contributed by atoms with Crippen molar-refractivity contribution in [3.05, 3.63) is 169 Å². The molecule has 0 atom stereocenters. The van der Waals surface area contributed by atoms with Crippen LogP contribution in [0.15, 0.2) is 158 Å². The average Bonchev–Trinajstić information content (AvgIpc) is 3.40. The number of para-hydroxylation sites is 1. The number of rotatable bonds is 5. The van der Waals surface area contributed by atoms with Crippen LogP contribution in [0.1, 0.15) is 25.0 Å². The minimum atomic E-state index is -0.0460. The van der Waals surface area contributed by atoms with Gasteiger partial charge >= 0.3 is 0 Å². The molecule has 9 rings (SSSR count). The first-order chi connectivity index (χ1) is 24.0. The SMILES string of the molecule is CC1(C)c2ccccc2-c2ccc(-c3ccc(-c4nc(-c5ccc(-c6ccccc6)cc5)nc(-c5ccc6ccccc6n5)n4)cc3)cc21. The lowest BCUT2D eigenvalue weighted by molar-refractivity contribution is 0.660. The van der Waals surface area contributed by atoms with E-state index < -0.39 is 0 Å². The standard InChI is InChI=1S/C45H32N4/c1-45(2)38-14-8-7-13-36(38)37-26-24-35(28-39(37)45)31-18-22-34(23-19-31)43-47-42(33-20-16-30(17-21-33)29-10-4-3-5-11-29)48-44(49-43)41-27-25-32-12-6-9-15-40(32)46-41/h3-28H,1-2H3. The zero-order valence-electron chi connectivity index (χ0n) is 27.3. The molecule has 0 saturated carbocycles. The summed E-state index contributed by atoms with van der Waals surface area (Å²) in [6, 6.07) is 55.1. The van der Waals surface area contributed by atoms with Gasteiger partial charge in [0, 0.05) is 21.9 Å². The Labute approximate surface area is 285 Å². The first-order valence-corrected chi connectivity index (χ1v) is 16.6. The van der Waals surface area contributed by atoms with Gasteiger partial charge in [0.2, 0.25) is 0 Å². The van der Waals surface area contributed by atoms with Crippen LogP contribution in [0.3, 0.4) is 0 Å². The fourth-order valence-electron chi connectivity index (χ4n) is 7.08. The van der Waals surface area contributed by atoms with E-state index in [0.717, 1.165) is 33.2 Å². The Hall–Kier alpha value is -6.26. The topological polar surface area (TPSA) is 51.6 Å². The van der Waals surface area contributed by atoms with Gasteiger partial charge in [0.1, 0.15) is 5.69 Å². The van der Waals surface area contributed by atoms with E-state index in [2.05, 4.69) is 141 Å². The molecule has 0 saturated heterocycles. The molecule has 0 aliphatic heterocycles. The molecule has 49 heavy (non-hydrogen) atoms. The molecule has 6 aromatic carbocycles. The van der Waals surface area contributed by atoms with Gasteiger partial charge in [0.05, 0.1) is 5.52 Å². The van der Waals surface area contributed by atoms with Crippen molar-refractivity contribution >= 4 is 10.9 Å². The highest BCUT2D eigenvalue weighted by Crippen LogP contribution is 2.49. The van der Waals surface area contributed by atoms with Gasteiger partial charge in [-0.1, -0.05) is 153 Å². The van der Waals surface area contributed by atoms with Gasteiger partial charge in [0.25, 0.3) is 0 Å². The molecule has 2 heterocycles. The lowest BCUT2D eigenvalue weighted by Crippen LogP contribution is -2.14. The molecule has 4 heteroatoms. The summed E-state index contributed by atoms with van der Waals surface area (Å²) in [5.74, 6) is 1.76. The predicted octanol–water partition coefficient (Wildman–Crippen LogP) is 11.1. The van der Waals surface area contributed by atoms with Crippen LogP contribution in [0, 0.1) is 0 Å². The Balaban J connectivity index is 1.11. The van der Waals surface area contributed by atoms with Gasteiger partial charge in [-0.25, -0.2) is 19.9 Å². The fourth-order valence-corrected chi connectivity index (χ4v) is 7.08. The molecule has 1 aliphatic carbocycles. The van der Waals surface area contributed by atoms with Crippen LogP contribution < -0.4 is 0 Å². The monoisotopic (exact) mass is 628 g/mol. The van der Waals surface area contributed by atoms with Crippen LogP contribution in [0.25, 0.3) is 78.6 Å². The van der Waals surface area contributed by atoms with Gasteiger partial charge in [0.15, 0.2) is 17.5 Å². The molecule has 0 amide bonds. The lowest BCUT2D eigenvalue weighted by Gasteiger charge is -2.22. The Morgan fingerprint density at radius 1 is 0.367 bits per heavy atom. The summed E-state index contributed by atoms with van der Waals surface area (Å²) in [5.41, 5.74) is 13.5. The number of hydrogen-bond donors (Lipinski definition) is 0. The first-order valence-electron chi connectivity index (χ1n) is 16.6. The molecule has 0 spiro atoms. The van der Waals surface area contributed by atoms with E-state index in [9.17, 15) is 0 Å². The van der Waals surface area contributed by atoms with Crippen LogP contribution in [0.4, 0.5) is 0 Å². The predicted molar refractivity (Wildman–Crippen MR) is 200 cm³/mol. The molecular formula is C45H32N4. The third kappa shape index (κ3) is 5.10. The third-order valence-electron chi connectivity index (χ3n) is 9.77. The summed E-state index contributed by atoms with van der Waals surface area (Å²) >= 11 is 0. The van der Waals surface area contributed by atoms with Crippen molar-refractivity contribution < 1.29 is 0 Å². The number of aromatic nitrogens is 4. The van der Waals surface area contributed by atoms with Gasteiger partial charge in [-0.2, -0.15) is 0 Å². The van der Waals surface area contributed by atoms with Crippen molar-refractivity contribution in [3.63, 3.8) is 0 Å². The van der Waals surface area contributed by atoms with Gasteiger partial charge in [-0.15, -0.1) is 0 Å². The van der Waals surface area contributed by atoms with Crippen LogP contribution in [-0.4, -0.2) is 19.9 Å². The molecule has 0 radical (unpaired) electrons. The maximum atomic E-state index is 5.01. The molecule has 0 N–H and O–H groups in total. The summed E-state index contributed by atoms with van der Waals surface area (Å²) in [7, 11) is 0. The number of pyridine rings is 1. The van der Waals surface area contributed by atoms with E-state index >= 15 is 0 Å². The average molecular weight is 629 g/mol. The molecule has 8 aromatic rings. The normalized spacial score (nSPS) is 12.9. The van der Waals surface area contributed by atoms with E-state index in [-0.39, 0.29) is 5.41 Å². The van der Waals surface area contributed by atoms with Crippen LogP contribution >= 0.6 is 0 Å². The summed E-state index contributed by atoms with van der Waals surface area (Å²) in [6.07, 6.45) is 0. The largest absolute Gasteiger partial charge is 0.244 e. The molecule has 1 aliphatic rings. The van der Waals surface area contributed by atoms with Crippen LogP contribution in [0.5, 0.6) is 0 Å². The summed E-state index contributed by atoms with van der Waals surface area (Å²) < 4.78 is 0. The molecule has 0 unspecified atom stereocenters. The second-order valence-corrected chi connectivity index (χ2v) is 13.1. The summed E-state index contributed by atoms with van der Waals surface area (Å²) in [5, 5.41) is 1.08. The van der Waals surface area contributed by atoms with Crippen molar-refractivity contribution in [3.8, 4) is 67.7 Å². The number of fused-ring (bicyclic) bond motifs is 4. The molecule has 0 fully saturated rings. The number of benzene rings is 6. The van der Waals surface area contributed by atoms with Crippen molar-refractivity contribution in [1.29, 1.82) is 0 Å². The lowest BCUT2D eigenvalue weighted by atomic mass is 9.81. The second kappa shape index (κ2) is 11.5. The van der Waals surface area contributed by atoms with E-state index in [1.165, 1.54) is 33.4 Å². The quantitative estimate of drug-likeness (QED) is 0.190. The summed E-state index contributed by atoms with van der Waals surface area (Å²) in [4.78, 5) is 19.9. The van der Waals surface area contributed by atoms with E-state index in [0.29, 0.717) is 23.2 Å². The maximum absolute atomic E-state index is 5.01. The zero-order chi connectivity index (χ0) is 33.0. The molecular weight excluding hydrogens is 597 g/mol. The first kappa shape index (κ1) is 28.9. The summed E-state index contributed by atoms with van der Waals surface area (Å²) in [6.45, 7) is 4.64. The molecule has 2 aromatic heterocycles. The second-order valence-electron chi connectivity index (χ2n) is 13.1. The van der Waals surface area contributed by atoms with Gasteiger partial charge in [-0.05, 0) is 62.7 Å². The Morgan fingerprint density at radius 2 is 0.898 bits per heavy atom. The molecule has 4 nitrogen and oxygen atoms in total. The van der Waals surface area contributed by atoms with Crippen molar-refractivity contribution in [2.75, 3.05) is 0 Å². The Kier molecular flexibility index (Phi) is 6.77. The highest BCUT2D eigenvalue weighted by Gasteiger charge is 2.35. The van der Waals surface area contributed by atoms with E-state index in [1.54, 1.807) is 0 Å². The minimum Gasteiger partial charge on any atom is -0.244 e. The highest BCUT2D eigenvalue weighted by molar-refractivity contribution is 5.84. The van der Waals surface area contributed by atoms with Crippen molar-refractivity contribution in [1.82, 2.24) is 19.9 Å². The van der Waals surface area contributed by atoms with Gasteiger partial charge in [-0.3, -0.25) is 0 Å². The molecule has 232 valence electrons. The van der Waals surface area contributed by atoms with Gasteiger partial charge < -0.3 is 0 Å². The number of hydrogen-bond acceptors (Lipinski definition) is 4. The van der Waals surface area contributed by atoms with E-state index in [4.69, 9.17) is 19.9 Å². The molecule has 0 bridgehead atoms. The smallest absolute Gasteiger partial charge is 0.182 e. The maximum Gasteiger partial charge on any atom is 0.182 e. The van der Waals surface area contributed by atoms with Crippen molar-refractivity contribution in [2.24, 2.45) is 0 Å². The number of nitrogens with zero attached hydrogens (tertiary/aromatic N) is 4. The van der Waals surface area contributed by atoms with Crippen LogP contribution in [-0.2, 0) is 5.41 Å². The Morgan fingerprint density at radius 3 is 1.63 bits per heavy atom. The van der Waals surface area contributed by atoms with Crippen molar-refractivity contribution in [2.45, 2.75) is 19.3 Å². The third-order valence-corrected chi connectivity index (χ3v) is 9.77. The zero-order valence-corrected chi connectivity index (χ0v) is 27.3. The highest BCUT2D eigenvalue weighted by atomic mass is 15.0.